The number of rotatable bonds is 10. The lowest BCUT2D eigenvalue weighted by molar-refractivity contribution is -0.0593. The Kier molecular flexibility index (Phi) is 7.94. The van der Waals surface area contributed by atoms with Crippen LogP contribution in [0.1, 0.15) is 46.8 Å². The van der Waals surface area contributed by atoms with Gasteiger partial charge in [-0.1, -0.05) is 0 Å². The molecule has 12 heteroatoms. The predicted molar refractivity (Wildman–Crippen MR) is 147 cm³/mol. The van der Waals surface area contributed by atoms with Crippen molar-refractivity contribution in [2.45, 2.75) is 51.2 Å². The molecule has 2 aliphatic rings. The van der Waals surface area contributed by atoms with Crippen molar-refractivity contribution in [1.82, 2.24) is 24.4 Å². The van der Waals surface area contributed by atoms with Gasteiger partial charge in [0.2, 0.25) is 0 Å². The van der Waals surface area contributed by atoms with Gasteiger partial charge in [0.1, 0.15) is 29.8 Å². The molecule has 1 N–H and O–H groups in total. The van der Waals surface area contributed by atoms with Gasteiger partial charge in [0.05, 0.1) is 36.5 Å². The van der Waals surface area contributed by atoms with Crippen LogP contribution in [0.15, 0.2) is 48.7 Å². The number of carboxylic acid groups (broad SMARTS) is 1. The number of likely N-dealkylation sites (tertiary alicyclic amines) is 1. The number of imidazole rings is 1. The van der Waals surface area contributed by atoms with Crippen LogP contribution in [0.3, 0.4) is 0 Å². The van der Waals surface area contributed by atoms with Gasteiger partial charge >= 0.3 is 5.97 Å². The molecule has 216 valence electrons. The standard InChI is InChI=1S/C30H29FN6O5/c31-24-13-19(15-32)1-4-27(24)41-18-20-14-22(5-9-33-20)42-21-6-10-36(11-7-21)17-28-34-25-2-3-26(30(38)39)35-29(25)37(28)16-23-8-12-40-23/h1-5,9,13-14,21,23H,6-8,10-12,16-18H2,(H,38,39). The first kappa shape index (κ1) is 27.6. The van der Waals surface area contributed by atoms with Gasteiger partial charge in [-0.05, 0) is 55.7 Å². The SMILES string of the molecule is N#Cc1ccc(OCc2cc(OC3CCN(Cc4nc5ccc(C(=O)O)nc5n4CC4CCO4)CC3)ccn2)c(F)c1. The number of hydrogen-bond acceptors (Lipinski definition) is 9. The van der Waals surface area contributed by atoms with Gasteiger partial charge in [-0.25, -0.2) is 19.2 Å². The first-order valence-electron chi connectivity index (χ1n) is 13.8. The lowest BCUT2D eigenvalue weighted by atomic mass is 10.1. The summed E-state index contributed by atoms with van der Waals surface area (Å²) in [6.07, 6.45) is 4.33. The Balaban J connectivity index is 1.06. The number of benzene rings is 1. The second kappa shape index (κ2) is 12.1. The van der Waals surface area contributed by atoms with Crippen LogP contribution < -0.4 is 9.47 Å². The van der Waals surface area contributed by atoms with Crippen LogP contribution in [0.4, 0.5) is 4.39 Å². The van der Waals surface area contributed by atoms with Crippen molar-refractivity contribution in [2.75, 3.05) is 19.7 Å². The van der Waals surface area contributed by atoms with E-state index in [1.54, 1.807) is 24.4 Å². The van der Waals surface area contributed by atoms with Crippen molar-refractivity contribution in [2.24, 2.45) is 0 Å². The van der Waals surface area contributed by atoms with E-state index in [1.165, 1.54) is 18.2 Å². The fourth-order valence-corrected chi connectivity index (χ4v) is 5.14. The van der Waals surface area contributed by atoms with Gasteiger partial charge in [-0.2, -0.15) is 5.26 Å². The molecule has 2 aliphatic heterocycles. The normalized spacial score (nSPS) is 17.5. The monoisotopic (exact) mass is 572 g/mol. The maximum Gasteiger partial charge on any atom is 0.354 e. The van der Waals surface area contributed by atoms with Crippen LogP contribution in [0.25, 0.3) is 11.2 Å². The molecule has 6 rings (SSSR count). The highest BCUT2D eigenvalue weighted by Gasteiger charge is 2.26. The van der Waals surface area contributed by atoms with Crippen LogP contribution >= 0.6 is 0 Å². The summed E-state index contributed by atoms with van der Waals surface area (Å²) in [5, 5.41) is 18.3. The zero-order chi connectivity index (χ0) is 29.1. The third-order valence-electron chi connectivity index (χ3n) is 7.50. The Bertz CT molecular complexity index is 1640. The topological polar surface area (TPSA) is 136 Å². The van der Waals surface area contributed by atoms with Crippen LogP contribution in [0, 0.1) is 17.1 Å². The highest BCUT2D eigenvalue weighted by molar-refractivity contribution is 5.88. The number of nitriles is 1. The maximum absolute atomic E-state index is 14.1. The van der Waals surface area contributed by atoms with E-state index in [1.807, 2.05) is 10.6 Å². The second-order valence-electron chi connectivity index (χ2n) is 10.4. The van der Waals surface area contributed by atoms with Crippen molar-refractivity contribution in [1.29, 1.82) is 5.26 Å². The summed E-state index contributed by atoms with van der Waals surface area (Å²) in [5.41, 5.74) is 2.07. The zero-order valence-electron chi connectivity index (χ0n) is 22.8. The van der Waals surface area contributed by atoms with Crippen LogP contribution in [-0.2, 0) is 24.4 Å². The number of carbonyl (C=O) groups is 1. The number of ether oxygens (including phenoxy) is 3. The molecule has 1 unspecified atom stereocenters. The Morgan fingerprint density at radius 3 is 2.69 bits per heavy atom. The fraction of sp³-hybridized carbons (Fsp3) is 0.367. The van der Waals surface area contributed by atoms with Gasteiger partial charge in [0.15, 0.2) is 22.9 Å². The summed E-state index contributed by atoms with van der Waals surface area (Å²) in [4.78, 5) is 27.3. The molecular formula is C30H29FN6O5. The summed E-state index contributed by atoms with van der Waals surface area (Å²) >= 11 is 0. The Morgan fingerprint density at radius 1 is 1.14 bits per heavy atom. The average molecular weight is 573 g/mol. The summed E-state index contributed by atoms with van der Waals surface area (Å²) in [5.74, 6) is -0.0951. The molecule has 0 spiro atoms. The van der Waals surface area contributed by atoms with E-state index in [-0.39, 0.29) is 35.8 Å². The predicted octanol–water partition coefficient (Wildman–Crippen LogP) is 3.95. The average Bonchev–Trinajstić information content (AvgIpc) is 3.31. The first-order chi connectivity index (χ1) is 20.4. The van der Waals surface area contributed by atoms with Gasteiger partial charge < -0.3 is 23.9 Å². The number of hydrogen-bond donors (Lipinski definition) is 1. The molecule has 1 aromatic carbocycles. The van der Waals surface area contributed by atoms with E-state index in [9.17, 15) is 14.3 Å². The van der Waals surface area contributed by atoms with E-state index < -0.39 is 11.8 Å². The van der Waals surface area contributed by atoms with E-state index >= 15 is 0 Å². The van der Waals surface area contributed by atoms with Crippen molar-refractivity contribution >= 4 is 17.1 Å². The molecular weight excluding hydrogens is 543 g/mol. The molecule has 0 saturated carbocycles. The van der Waals surface area contributed by atoms with Gasteiger partial charge in [-0.3, -0.25) is 9.88 Å². The molecule has 42 heavy (non-hydrogen) atoms. The summed E-state index contributed by atoms with van der Waals surface area (Å²) in [6.45, 7) is 3.61. The molecule has 0 amide bonds. The number of pyridine rings is 2. The van der Waals surface area contributed by atoms with Crippen molar-refractivity contribution in [3.63, 3.8) is 0 Å². The van der Waals surface area contributed by atoms with E-state index in [0.29, 0.717) is 35.7 Å². The number of aromatic nitrogens is 4. The summed E-state index contributed by atoms with van der Waals surface area (Å²) in [7, 11) is 0. The van der Waals surface area contributed by atoms with E-state index in [0.717, 1.165) is 50.8 Å². The molecule has 2 fully saturated rings. The molecule has 3 aromatic heterocycles. The van der Waals surface area contributed by atoms with E-state index in [2.05, 4.69) is 14.9 Å². The number of piperidine rings is 1. The quantitative estimate of drug-likeness (QED) is 0.298. The molecule has 5 heterocycles. The molecule has 0 aliphatic carbocycles. The maximum atomic E-state index is 14.1. The molecule has 11 nitrogen and oxygen atoms in total. The number of fused-ring (bicyclic) bond motifs is 1. The van der Waals surface area contributed by atoms with Crippen molar-refractivity contribution in [3.8, 4) is 17.6 Å². The molecule has 0 bridgehead atoms. The molecule has 0 radical (unpaired) electrons. The Hall–Kier alpha value is -4.60. The number of halogens is 1. The van der Waals surface area contributed by atoms with Crippen LogP contribution in [0.2, 0.25) is 0 Å². The summed E-state index contributed by atoms with van der Waals surface area (Å²) < 4.78 is 33.6. The summed E-state index contributed by atoms with van der Waals surface area (Å²) in [6, 6.07) is 12.7. The number of nitrogens with zero attached hydrogens (tertiary/aromatic N) is 6. The highest BCUT2D eigenvalue weighted by atomic mass is 19.1. The molecule has 2 saturated heterocycles. The number of aromatic carboxylic acids is 1. The van der Waals surface area contributed by atoms with Gasteiger partial charge in [0, 0.05) is 32.0 Å². The van der Waals surface area contributed by atoms with Gasteiger partial charge in [-0.15, -0.1) is 0 Å². The Morgan fingerprint density at radius 2 is 1.98 bits per heavy atom. The van der Waals surface area contributed by atoms with Crippen molar-refractivity contribution in [3.05, 3.63) is 77.3 Å². The largest absolute Gasteiger partial charge is 0.490 e. The minimum Gasteiger partial charge on any atom is -0.490 e. The highest BCUT2D eigenvalue weighted by Crippen LogP contribution is 2.25. The fourth-order valence-electron chi connectivity index (χ4n) is 5.14. The molecule has 1 atom stereocenters. The third-order valence-corrected chi connectivity index (χ3v) is 7.50. The third kappa shape index (κ3) is 6.17. The lowest BCUT2D eigenvalue weighted by Crippen LogP contribution is -2.39. The second-order valence-corrected chi connectivity index (χ2v) is 10.4. The minimum absolute atomic E-state index is 0.00468. The first-order valence-corrected chi connectivity index (χ1v) is 13.8. The minimum atomic E-state index is -1.07. The number of carboxylic acids is 1. The molecule has 4 aromatic rings. The smallest absolute Gasteiger partial charge is 0.354 e. The van der Waals surface area contributed by atoms with E-state index in [4.69, 9.17) is 24.5 Å². The van der Waals surface area contributed by atoms with Crippen LogP contribution in [-0.4, -0.2) is 67.4 Å². The van der Waals surface area contributed by atoms with Crippen molar-refractivity contribution < 1.29 is 28.5 Å². The van der Waals surface area contributed by atoms with Crippen LogP contribution in [0.5, 0.6) is 11.5 Å². The zero-order valence-corrected chi connectivity index (χ0v) is 22.8. The lowest BCUT2D eigenvalue weighted by Gasteiger charge is -2.32. The Labute approximate surface area is 241 Å². The van der Waals surface area contributed by atoms with Gasteiger partial charge in [0.25, 0.3) is 0 Å².